The number of ether oxygens (including phenoxy) is 1. The first kappa shape index (κ1) is 27.7. The topological polar surface area (TPSA) is 118 Å². The zero-order valence-corrected chi connectivity index (χ0v) is 21.4. The molecule has 1 aromatic rings. The van der Waals surface area contributed by atoms with Crippen LogP contribution in [-0.4, -0.2) is 43.8 Å². The maximum atomic E-state index is 13.1. The first-order chi connectivity index (χ1) is 16.3. The standard InChI is InChI=1S/C24H33Cl2N5O3/c1-4-20(29-14-17-6-7-18(25)19(26)12-17)31-22(32)21(16(3)13-27)30-15-24(23(33)34-5-2)8-10-28-11-9-24/h4,6-7,12-13,28-29H,5,8-11,14-15,27H2,1-3H3,(H,31,32)/b16-13?,20-4+,30-21?. The zero-order chi connectivity index (χ0) is 25.1. The molecule has 0 spiro atoms. The third kappa shape index (κ3) is 7.48. The van der Waals surface area contributed by atoms with E-state index in [2.05, 4.69) is 20.9 Å². The second-order valence-electron chi connectivity index (χ2n) is 8.02. The molecular formula is C24H33Cl2N5O3. The van der Waals surface area contributed by atoms with E-state index in [9.17, 15) is 9.59 Å². The van der Waals surface area contributed by atoms with Gasteiger partial charge >= 0.3 is 5.97 Å². The molecule has 1 fully saturated rings. The molecule has 0 aromatic heterocycles. The molecule has 10 heteroatoms. The van der Waals surface area contributed by atoms with Gasteiger partial charge in [-0.05, 0) is 82.2 Å². The number of piperidine rings is 1. The van der Waals surface area contributed by atoms with Gasteiger partial charge in [0.1, 0.15) is 11.5 Å². The Morgan fingerprint density at radius 1 is 1.26 bits per heavy atom. The predicted molar refractivity (Wildman–Crippen MR) is 137 cm³/mol. The van der Waals surface area contributed by atoms with Crippen LogP contribution in [0.1, 0.15) is 39.2 Å². The molecule has 1 heterocycles. The molecule has 5 N–H and O–H groups in total. The first-order valence-electron chi connectivity index (χ1n) is 11.2. The Kier molecular flexibility index (Phi) is 10.9. The molecule has 1 aliphatic heterocycles. The van der Waals surface area contributed by atoms with E-state index in [-0.39, 0.29) is 18.2 Å². The third-order valence-electron chi connectivity index (χ3n) is 5.65. The summed E-state index contributed by atoms with van der Waals surface area (Å²) in [5.41, 5.74) is 6.51. The maximum Gasteiger partial charge on any atom is 0.314 e. The minimum atomic E-state index is -0.767. The van der Waals surface area contributed by atoms with Gasteiger partial charge in [0, 0.05) is 6.54 Å². The van der Waals surface area contributed by atoms with Gasteiger partial charge in [0.05, 0.1) is 28.6 Å². The van der Waals surface area contributed by atoms with Crippen molar-refractivity contribution < 1.29 is 14.3 Å². The number of nitrogens with zero attached hydrogens (tertiary/aromatic N) is 1. The van der Waals surface area contributed by atoms with Gasteiger partial charge in [0.15, 0.2) is 0 Å². The van der Waals surface area contributed by atoms with Crippen molar-refractivity contribution in [1.82, 2.24) is 16.0 Å². The molecule has 0 radical (unpaired) electrons. The third-order valence-corrected chi connectivity index (χ3v) is 6.39. The molecule has 0 aliphatic carbocycles. The van der Waals surface area contributed by atoms with Crippen LogP contribution in [0.4, 0.5) is 0 Å². The van der Waals surface area contributed by atoms with E-state index in [1.165, 1.54) is 6.20 Å². The summed E-state index contributed by atoms with van der Waals surface area (Å²) in [5, 5.41) is 10.2. The molecule has 0 saturated carbocycles. The molecule has 1 amide bonds. The molecule has 0 unspecified atom stereocenters. The van der Waals surface area contributed by atoms with E-state index in [1.807, 2.05) is 6.07 Å². The van der Waals surface area contributed by atoms with Crippen LogP contribution in [0.5, 0.6) is 0 Å². The Bertz CT molecular complexity index is 969. The Morgan fingerprint density at radius 3 is 2.56 bits per heavy atom. The molecule has 2 rings (SSSR count). The fraction of sp³-hybridized carbons (Fsp3) is 0.458. The van der Waals surface area contributed by atoms with Gasteiger partial charge in [-0.15, -0.1) is 0 Å². The second-order valence-corrected chi connectivity index (χ2v) is 8.84. The van der Waals surface area contributed by atoms with Crippen LogP contribution in [0.25, 0.3) is 0 Å². The normalized spacial score (nSPS) is 16.7. The van der Waals surface area contributed by atoms with Crippen LogP contribution in [0.15, 0.2) is 46.9 Å². The fourth-order valence-corrected chi connectivity index (χ4v) is 3.87. The van der Waals surface area contributed by atoms with Crippen LogP contribution in [0.3, 0.4) is 0 Å². The van der Waals surface area contributed by atoms with Gasteiger partial charge in [-0.3, -0.25) is 14.6 Å². The molecule has 1 aromatic carbocycles. The van der Waals surface area contributed by atoms with E-state index in [0.717, 1.165) is 5.56 Å². The lowest BCUT2D eigenvalue weighted by Crippen LogP contribution is -2.45. The van der Waals surface area contributed by atoms with Crippen molar-refractivity contribution in [2.24, 2.45) is 16.1 Å². The molecule has 8 nitrogen and oxygen atoms in total. The molecule has 0 bridgehead atoms. The van der Waals surface area contributed by atoms with Crippen LogP contribution in [0.2, 0.25) is 10.0 Å². The van der Waals surface area contributed by atoms with Crippen LogP contribution in [0, 0.1) is 5.41 Å². The molecule has 186 valence electrons. The van der Waals surface area contributed by atoms with Crippen molar-refractivity contribution in [3.63, 3.8) is 0 Å². The van der Waals surface area contributed by atoms with Crippen LogP contribution in [-0.2, 0) is 20.9 Å². The van der Waals surface area contributed by atoms with Crippen LogP contribution < -0.4 is 21.7 Å². The predicted octanol–water partition coefficient (Wildman–Crippen LogP) is 3.30. The summed E-state index contributed by atoms with van der Waals surface area (Å²) in [5.74, 6) is -0.218. The quantitative estimate of drug-likeness (QED) is 0.284. The van der Waals surface area contributed by atoms with Crippen LogP contribution >= 0.6 is 23.2 Å². The van der Waals surface area contributed by atoms with Crippen molar-refractivity contribution in [1.29, 1.82) is 0 Å². The number of carbonyl (C=O) groups excluding carboxylic acids is 2. The van der Waals surface area contributed by atoms with Gasteiger partial charge in [-0.1, -0.05) is 29.3 Å². The van der Waals surface area contributed by atoms with E-state index < -0.39 is 11.3 Å². The SMILES string of the molecule is C/C=C(\NCc1ccc(Cl)c(Cl)c1)NC(=O)C(=NCC1(C(=O)OCC)CCNCC1)C(C)=CN. The van der Waals surface area contributed by atoms with Crippen molar-refractivity contribution in [2.75, 3.05) is 26.2 Å². The monoisotopic (exact) mass is 509 g/mol. The lowest BCUT2D eigenvalue weighted by atomic mass is 9.79. The summed E-state index contributed by atoms with van der Waals surface area (Å²) in [6.45, 7) is 7.51. The summed E-state index contributed by atoms with van der Waals surface area (Å²) in [7, 11) is 0. The van der Waals surface area contributed by atoms with E-state index in [0.29, 0.717) is 60.5 Å². The Morgan fingerprint density at radius 2 is 1.97 bits per heavy atom. The van der Waals surface area contributed by atoms with Crippen molar-refractivity contribution in [2.45, 2.75) is 40.2 Å². The van der Waals surface area contributed by atoms with E-state index >= 15 is 0 Å². The number of amides is 1. The summed E-state index contributed by atoms with van der Waals surface area (Å²) in [4.78, 5) is 30.4. The number of carbonyl (C=O) groups is 2. The molecule has 1 saturated heterocycles. The summed E-state index contributed by atoms with van der Waals surface area (Å²) in [6.07, 6.45) is 4.24. The second kappa shape index (κ2) is 13.4. The molecule has 0 atom stereocenters. The lowest BCUT2D eigenvalue weighted by molar-refractivity contribution is -0.156. The van der Waals surface area contributed by atoms with Crippen molar-refractivity contribution in [3.05, 3.63) is 57.5 Å². The minimum absolute atomic E-state index is 0.142. The van der Waals surface area contributed by atoms with Gasteiger partial charge in [0.25, 0.3) is 5.91 Å². The highest BCUT2D eigenvalue weighted by Gasteiger charge is 2.41. The molecule has 34 heavy (non-hydrogen) atoms. The first-order valence-corrected chi connectivity index (χ1v) is 12.0. The Balaban J connectivity index is 2.16. The molecular weight excluding hydrogens is 477 g/mol. The van der Waals surface area contributed by atoms with E-state index in [4.69, 9.17) is 33.7 Å². The molecule has 1 aliphatic rings. The summed E-state index contributed by atoms with van der Waals surface area (Å²) >= 11 is 12.0. The van der Waals surface area contributed by atoms with Crippen molar-refractivity contribution >= 4 is 40.8 Å². The number of hydrogen-bond donors (Lipinski definition) is 4. The highest BCUT2D eigenvalue weighted by molar-refractivity contribution is 6.45. The highest BCUT2D eigenvalue weighted by Crippen LogP contribution is 2.31. The Hall–Kier alpha value is -2.55. The Labute approximate surface area is 211 Å². The van der Waals surface area contributed by atoms with E-state index in [1.54, 1.807) is 39.0 Å². The number of nitrogens with two attached hydrogens (primary N) is 1. The van der Waals surface area contributed by atoms with Gasteiger partial charge in [-0.2, -0.15) is 0 Å². The number of halogens is 2. The number of allylic oxidation sites excluding steroid dienone is 1. The number of aliphatic imine (C=N–C) groups is 1. The smallest absolute Gasteiger partial charge is 0.314 e. The van der Waals surface area contributed by atoms with Crippen molar-refractivity contribution in [3.8, 4) is 0 Å². The average Bonchev–Trinajstić information content (AvgIpc) is 2.84. The minimum Gasteiger partial charge on any atom is -0.466 e. The lowest BCUT2D eigenvalue weighted by Gasteiger charge is -2.34. The number of benzene rings is 1. The number of esters is 1. The van der Waals surface area contributed by atoms with Gasteiger partial charge in [0.2, 0.25) is 0 Å². The van der Waals surface area contributed by atoms with Gasteiger partial charge in [-0.25, -0.2) is 0 Å². The maximum absolute atomic E-state index is 13.1. The summed E-state index contributed by atoms with van der Waals surface area (Å²) < 4.78 is 5.32. The summed E-state index contributed by atoms with van der Waals surface area (Å²) in [6, 6.07) is 5.32. The average molecular weight is 510 g/mol. The number of rotatable bonds is 10. The van der Waals surface area contributed by atoms with Gasteiger partial charge < -0.3 is 26.4 Å². The number of nitrogens with one attached hydrogen (secondary N) is 3. The largest absolute Gasteiger partial charge is 0.466 e. The fourth-order valence-electron chi connectivity index (χ4n) is 3.55. The highest BCUT2D eigenvalue weighted by atomic mass is 35.5. The zero-order valence-electron chi connectivity index (χ0n) is 19.8. The number of hydrogen-bond acceptors (Lipinski definition) is 7.